The third-order valence-electron chi connectivity index (χ3n) is 3.88. The Balaban J connectivity index is 6.04. The van der Waals surface area contributed by atoms with Crippen molar-refractivity contribution in [3.05, 3.63) is 0 Å². The largest absolute Gasteiger partial charge is 0.465 e. The lowest BCUT2D eigenvalue weighted by Crippen LogP contribution is -2.74. The number of halogens is 17. The molecular weight excluding hydrogens is 555 g/mol. The maximum absolute atomic E-state index is 13.6. The highest BCUT2D eigenvalue weighted by molar-refractivity contribution is 7.99. The van der Waals surface area contributed by atoms with Crippen LogP contribution in [0, 0.1) is 0 Å². The van der Waals surface area contributed by atoms with Gasteiger partial charge in [0.05, 0.1) is 0 Å². The number of hydrogen-bond acceptors (Lipinski definition) is 3. The van der Waals surface area contributed by atoms with Gasteiger partial charge in [-0.1, -0.05) is 0 Å². The number of rotatable bonds is 12. The van der Waals surface area contributed by atoms with Crippen LogP contribution in [0.5, 0.6) is 0 Å². The summed E-state index contributed by atoms with van der Waals surface area (Å²) in [5, 5.41) is 0. The van der Waals surface area contributed by atoms with E-state index in [4.69, 9.17) is 0 Å². The molecule has 0 heterocycles. The number of esters is 1. The summed E-state index contributed by atoms with van der Waals surface area (Å²) in [4.78, 5) is 10.4. The van der Waals surface area contributed by atoms with Gasteiger partial charge in [-0.3, -0.25) is 4.79 Å². The van der Waals surface area contributed by atoms with E-state index in [2.05, 4.69) is 4.74 Å². The van der Waals surface area contributed by atoms with Gasteiger partial charge < -0.3 is 4.74 Å². The zero-order valence-electron chi connectivity index (χ0n) is 16.0. The standard InChI is InChI=1S/C14H11F17O2S/c1-6(32)33-3-5-34-4-2-7(15,16)8(17,18)9(19,20)10(21,22)11(23,24)12(25,26)13(27,28)14(29,30)31/h2-5H2,1H3. The fourth-order valence-electron chi connectivity index (χ4n) is 1.90. The third-order valence-corrected chi connectivity index (χ3v) is 4.83. The molecule has 0 aliphatic heterocycles. The number of hydrogen-bond donors (Lipinski definition) is 0. The van der Waals surface area contributed by atoms with E-state index in [1.165, 1.54) is 0 Å². The SMILES string of the molecule is CC(=O)OCCSCCC(F)(F)C(F)(F)C(F)(F)C(F)(F)C(F)(F)C(F)(F)C(F)(F)C(F)(F)F. The van der Waals surface area contributed by atoms with Gasteiger partial charge in [-0.05, 0) is 5.75 Å². The van der Waals surface area contributed by atoms with Crippen molar-refractivity contribution in [1.29, 1.82) is 0 Å². The highest BCUT2D eigenvalue weighted by Crippen LogP contribution is 2.64. The maximum atomic E-state index is 13.6. The molecule has 0 aliphatic carbocycles. The van der Waals surface area contributed by atoms with Crippen LogP contribution in [-0.2, 0) is 9.53 Å². The Morgan fingerprint density at radius 1 is 0.588 bits per heavy atom. The van der Waals surface area contributed by atoms with Crippen molar-refractivity contribution in [3.63, 3.8) is 0 Å². The van der Waals surface area contributed by atoms with Crippen LogP contribution in [0.2, 0.25) is 0 Å². The van der Waals surface area contributed by atoms with Gasteiger partial charge in [0.2, 0.25) is 0 Å². The van der Waals surface area contributed by atoms with Crippen LogP contribution in [0.3, 0.4) is 0 Å². The molecule has 0 unspecified atom stereocenters. The molecule has 2 nitrogen and oxygen atoms in total. The average molecular weight is 566 g/mol. The monoisotopic (exact) mass is 566 g/mol. The van der Waals surface area contributed by atoms with Gasteiger partial charge in [0, 0.05) is 19.1 Å². The molecule has 0 N–H and O–H groups in total. The second-order valence-corrected chi connectivity index (χ2v) is 7.58. The van der Waals surface area contributed by atoms with E-state index in [1.54, 1.807) is 0 Å². The Morgan fingerprint density at radius 3 is 1.29 bits per heavy atom. The molecule has 0 aromatic carbocycles. The molecule has 0 saturated carbocycles. The molecule has 0 aliphatic rings. The van der Waals surface area contributed by atoms with E-state index in [0.717, 1.165) is 6.92 Å². The summed E-state index contributed by atoms with van der Waals surface area (Å²) in [7, 11) is 0. The molecule has 0 bridgehead atoms. The Hall–Kier alpha value is -1.37. The predicted octanol–water partition coefficient (Wildman–Crippen LogP) is 6.68. The molecule has 204 valence electrons. The van der Waals surface area contributed by atoms with Gasteiger partial charge in [0.15, 0.2) is 0 Å². The van der Waals surface area contributed by atoms with Crippen molar-refractivity contribution in [3.8, 4) is 0 Å². The van der Waals surface area contributed by atoms with Gasteiger partial charge in [-0.2, -0.15) is 86.4 Å². The Kier molecular flexibility index (Phi) is 9.20. The first kappa shape index (κ1) is 32.6. The van der Waals surface area contributed by atoms with Gasteiger partial charge >= 0.3 is 53.6 Å². The smallest absolute Gasteiger partial charge is 0.460 e. The molecule has 0 saturated heterocycles. The summed E-state index contributed by atoms with van der Waals surface area (Å²) in [6, 6.07) is 0. The molecule has 0 rings (SSSR count). The first-order valence-electron chi connectivity index (χ1n) is 8.09. The lowest BCUT2D eigenvalue weighted by molar-refractivity contribution is -0.461. The van der Waals surface area contributed by atoms with Crippen LogP contribution in [0.1, 0.15) is 13.3 Å². The summed E-state index contributed by atoms with van der Waals surface area (Å²) >= 11 is 0.157. The van der Waals surface area contributed by atoms with Gasteiger partial charge in [-0.15, -0.1) is 0 Å². The Morgan fingerprint density at radius 2 is 0.941 bits per heavy atom. The summed E-state index contributed by atoms with van der Waals surface area (Å²) in [5.41, 5.74) is 0. The average Bonchev–Trinajstić information content (AvgIpc) is 2.62. The van der Waals surface area contributed by atoms with Crippen LogP contribution >= 0.6 is 11.8 Å². The van der Waals surface area contributed by atoms with Gasteiger partial charge in [0.25, 0.3) is 0 Å². The molecule has 20 heteroatoms. The van der Waals surface area contributed by atoms with Crippen molar-refractivity contribution in [1.82, 2.24) is 0 Å². The molecule has 0 radical (unpaired) electrons. The van der Waals surface area contributed by atoms with Crippen molar-refractivity contribution in [2.75, 3.05) is 18.1 Å². The summed E-state index contributed by atoms with van der Waals surface area (Å²) in [6.07, 6.45) is -10.3. The number of alkyl halides is 17. The Bertz CT molecular complexity index is 716. The molecule has 0 atom stereocenters. The van der Waals surface area contributed by atoms with Gasteiger partial charge in [0.1, 0.15) is 6.61 Å². The highest BCUT2D eigenvalue weighted by Gasteiger charge is 2.95. The second-order valence-electron chi connectivity index (χ2n) is 6.35. The molecule has 34 heavy (non-hydrogen) atoms. The quantitative estimate of drug-likeness (QED) is 0.150. The number of carbonyl (C=O) groups is 1. The van der Waals surface area contributed by atoms with Crippen LogP contribution < -0.4 is 0 Å². The van der Waals surface area contributed by atoms with E-state index >= 15 is 0 Å². The van der Waals surface area contributed by atoms with Crippen molar-refractivity contribution >= 4 is 17.7 Å². The van der Waals surface area contributed by atoms with Gasteiger partial charge in [-0.25, -0.2) is 0 Å². The van der Waals surface area contributed by atoms with E-state index in [0.29, 0.717) is 0 Å². The fraction of sp³-hybridized carbons (Fsp3) is 0.929. The molecule has 0 amide bonds. The summed E-state index contributed by atoms with van der Waals surface area (Å²) < 4.78 is 226. The van der Waals surface area contributed by atoms with E-state index in [9.17, 15) is 79.4 Å². The zero-order valence-corrected chi connectivity index (χ0v) is 16.8. The Labute approximate surface area is 182 Å². The van der Waals surface area contributed by atoms with Crippen LogP contribution in [0.25, 0.3) is 0 Å². The first-order valence-corrected chi connectivity index (χ1v) is 9.25. The molecule has 0 aromatic heterocycles. The maximum Gasteiger partial charge on any atom is 0.460 e. The van der Waals surface area contributed by atoms with Crippen molar-refractivity contribution in [2.45, 2.75) is 61.0 Å². The van der Waals surface area contributed by atoms with Crippen molar-refractivity contribution in [2.24, 2.45) is 0 Å². The van der Waals surface area contributed by atoms with Crippen LogP contribution in [0.4, 0.5) is 74.6 Å². The summed E-state index contributed by atoms with van der Waals surface area (Å²) in [6.45, 7) is 0.344. The fourth-order valence-corrected chi connectivity index (χ4v) is 2.71. The predicted molar refractivity (Wildman–Crippen MR) is 79.3 cm³/mol. The molecular formula is C14H11F17O2S. The molecule has 0 aromatic rings. The minimum absolute atomic E-state index is 0.157. The number of carbonyl (C=O) groups excluding carboxylic acids is 1. The minimum Gasteiger partial charge on any atom is -0.465 e. The van der Waals surface area contributed by atoms with Crippen LogP contribution in [0.15, 0.2) is 0 Å². The summed E-state index contributed by atoms with van der Waals surface area (Å²) in [5.74, 6) is -58.9. The molecule has 0 spiro atoms. The van der Waals surface area contributed by atoms with E-state index < -0.39 is 78.1 Å². The minimum atomic E-state index is -8.62. The zero-order chi connectivity index (χ0) is 27.8. The lowest BCUT2D eigenvalue weighted by atomic mass is 9.88. The van der Waals surface area contributed by atoms with Crippen molar-refractivity contribution < 1.29 is 84.2 Å². The normalized spacial score (nSPS) is 15.5. The van der Waals surface area contributed by atoms with Crippen LogP contribution in [-0.4, -0.2) is 71.7 Å². The third kappa shape index (κ3) is 5.24. The van der Waals surface area contributed by atoms with E-state index in [1.807, 2.05) is 0 Å². The number of ether oxygens (including phenoxy) is 1. The first-order chi connectivity index (χ1) is 14.7. The lowest BCUT2D eigenvalue weighted by Gasteiger charge is -2.42. The highest BCUT2D eigenvalue weighted by atomic mass is 32.2. The van der Waals surface area contributed by atoms with E-state index in [-0.39, 0.29) is 11.8 Å². The second kappa shape index (κ2) is 9.59. The molecule has 0 fully saturated rings. The topological polar surface area (TPSA) is 26.3 Å². The number of thioether (sulfide) groups is 1.